The van der Waals surface area contributed by atoms with Crippen molar-refractivity contribution in [2.75, 3.05) is 6.67 Å². The molecule has 2 N–H and O–H groups in total. The standard InChI is InChI=1S/C28H32F2N2O3/c1-26-12-16-15-31-32(19-6-4-18(30)5-7-19)22(16)11-17(26)3-8-20-21-9-10-28(35,24(34)14-29)27(21,2)13-23(33)25(20)26/h4-7,11,15,20-21,23,25,33,35H,3,8-10,12-14H2,1-2H3/t20?,21?,23?,25?,26-,27-,28-/m0/s1/i29-1. The quantitative estimate of drug-likeness (QED) is 0.680. The number of carbonyl (C=O) groups is 1. The molecule has 4 unspecified atom stereocenters. The molecule has 7 atom stereocenters. The molecule has 5 nitrogen and oxygen atoms in total. The molecular weight excluding hydrogens is 449 g/mol. The number of carbonyl (C=O) groups excluding carboxylic acids is 1. The summed E-state index contributed by atoms with van der Waals surface area (Å²) in [7, 11) is 0. The van der Waals surface area contributed by atoms with Gasteiger partial charge in [0.2, 0.25) is 0 Å². The fourth-order valence-corrected chi connectivity index (χ4v) is 8.55. The van der Waals surface area contributed by atoms with Gasteiger partial charge < -0.3 is 10.2 Å². The van der Waals surface area contributed by atoms with Crippen LogP contribution in [0.5, 0.6) is 0 Å². The number of benzene rings is 1. The molecule has 3 saturated carbocycles. The average Bonchev–Trinajstić information content (AvgIpc) is 3.35. The van der Waals surface area contributed by atoms with Crippen molar-refractivity contribution in [3.8, 4) is 5.69 Å². The number of alkyl halides is 1. The summed E-state index contributed by atoms with van der Waals surface area (Å²) in [5.41, 5.74) is 1.40. The minimum atomic E-state index is -1.70. The van der Waals surface area contributed by atoms with Crippen LogP contribution in [0.15, 0.2) is 36.0 Å². The van der Waals surface area contributed by atoms with Gasteiger partial charge in [0.25, 0.3) is 0 Å². The summed E-state index contributed by atoms with van der Waals surface area (Å²) >= 11 is 0. The number of allylic oxidation sites excluding steroid dienone is 1. The van der Waals surface area contributed by atoms with Gasteiger partial charge in [-0.3, -0.25) is 4.79 Å². The predicted octanol–water partition coefficient (Wildman–Crippen LogP) is 4.43. The maximum Gasteiger partial charge on any atom is 0.195 e. The number of fused-ring (bicyclic) bond motifs is 6. The fraction of sp³-hybridized carbons (Fsp3) is 0.571. The topological polar surface area (TPSA) is 75.3 Å². The molecular formula is C28H32F2N2O3. The minimum Gasteiger partial charge on any atom is -0.393 e. The van der Waals surface area contributed by atoms with Crippen molar-refractivity contribution in [2.45, 2.75) is 64.1 Å². The van der Waals surface area contributed by atoms with Gasteiger partial charge in [-0.15, -0.1) is 0 Å². The summed E-state index contributed by atoms with van der Waals surface area (Å²) in [6.45, 7) is 2.94. The van der Waals surface area contributed by atoms with Gasteiger partial charge in [-0.05, 0) is 97.6 Å². The van der Waals surface area contributed by atoms with Crippen molar-refractivity contribution in [1.29, 1.82) is 0 Å². The first-order valence-corrected chi connectivity index (χ1v) is 12.7. The van der Waals surface area contributed by atoms with Gasteiger partial charge >= 0.3 is 0 Å². The number of nitrogens with zero attached hydrogens (tertiary/aromatic N) is 2. The summed E-state index contributed by atoms with van der Waals surface area (Å²) in [5.74, 6) is -0.819. The number of aliphatic hydroxyl groups excluding tert-OH is 1. The highest BCUT2D eigenvalue weighted by Gasteiger charge is 2.68. The molecule has 1 aromatic carbocycles. The molecule has 0 radical (unpaired) electrons. The molecule has 1 aromatic heterocycles. The average molecular weight is 482 g/mol. The Morgan fingerprint density at radius 1 is 1.23 bits per heavy atom. The third-order valence-electron chi connectivity index (χ3n) is 10.2. The van der Waals surface area contributed by atoms with Gasteiger partial charge in [0.15, 0.2) is 12.5 Å². The summed E-state index contributed by atoms with van der Waals surface area (Å²) in [6.07, 6.45) is 7.08. The first-order valence-electron chi connectivity index (χ1n) is 12.7. The summed E-state index contributed by atoms with van der Waals surface area (Å²) < 4.78 is 28.7. The zero-order valence-corrected chi connectivity index (χ0v) is 20.2. The van der Waals surface area contributed by atoms with Gasteiger partial charge in [-0.2, -0.15) is 5.10 Å². The first-order chi connectivity index (χ1) is 16.6. The Morgan fingerprint density at radius 3 is 2.69 bits per heavy atom. The second-order valence-corrected chi connectivity index (χ2v) is 11.7. The summed E-state index contributed by atoms with van der Waals surface area (Å²) in [4.78, 5) is 12.5. The third kappa shape index (κ3) is 2.97. The van der Waals surface area contributed by atoms with E-state index in [0.717, 1.165) is 36.2 Å². The molecule has 186 valence electrons. The number of rotatable bonds is 3. The van der Waals surface area contributed by atoms with Crippen LogP contribution in [0.2, 0.25) is 0 Å². The number of hydrogen-bond donors (Lipinski definition) is 2. The number of ketones is 1. The molecule has 1 heterocycles. The molecule has 0 spiro atoms. The second-order valence-electron chi connectivity index (χ2n) is 11.7. The molecule has 2 aromatic rings. The number of halogens is 2. The molecule has 3 fully saturated rings. The van der Waals surface area contributed by atoms with Gasteiger partial charge in [-0.1, -0.05) is 19.4 Å². The monoisotopic (exact) mass is 481 g/mol. The highest BCUT2D eigenvalue weighted by Crippen LogP contribution is 2.67. The molecule has 0 bridgehead atoms. The van der Waals surface area contributed by atoms with Crippen LogP contribution in [0.25, 0.3) is 11.8 Å². The number of Topliss-reactive ketones (excluding diaryl/α,β-unsaturated/α-hetero) is 1. The lowest BCUT2D eigenvalue weighted by Gasteiger charge is -2.60. The Hall–Kier alpha value is -2.38. The van der Waals surface area contributed by atoms with Crippen LogP contribution in [0, 0.1) is 34.4 Å². The molecule has 35 heavy (non-hydrogen) atoms. The van der Waals surface area contributed by atoms with Crippen molar-refractivity contribution in [3.05, 3.63) is 53.1 Å². The Balaban J connectivity index is 1.37. The van der Waals surface area contributed by atoms with Crippen LogP contribution < -0.4 is 0 Å². The van der Waals surface area contributed by atoms with Crippen molar-refractivity contribution >= 4 is 11.9 Å². The molecule has 0 saturated heterocycles. The lowest BCUT2D eigenvalue weighted by atomic mass is 9.45. The highest BCUT2D eigenvalue weighted by molar-refractivity contribution is 5.89. The molecule has 4 aliphatic carbocycles. The van der Waals surface area contributed by atoms with Crippen LogP contribution >= 0.6 is 0 Å². The van der Waals surface area contributed by atoms with Crippen molar-refractivity contribution < 1.29 is 23.8 Å². The van der Waals surface area contributed by atoms with E-state index < -0.39 is 29.6 Å². The lowest BCUT2D eigenvalue weighted by molar-refractivity contribution is -0.179. The fourth-order valence-electron chi connectivity index (χ4n) is 8.55. The SMILES string of the molecule is C[C@]12Cc3cnn(-c4ccc(F)cc4)c3C=C1CCC1C2C(O)C[C@@]2(C)C1CC[C@]2(O)C(=O)C[18F]. The zero-order chi connectivity index (χ0) is 24.8. The van der Waals surface area contributed by atoms with E-state index in [1.165, 1.54) is 17.7 Å². The first kappa shape index (κ1) is 23.0. The Bertz CT molecular complexity index is 1220. The predicted molar refractivity (Wildman–Crippen MR) is 127 cm³/mol. The van der Waals surface area contributed by atoms with Crippen LogP contribution in [0.1, 0.15) is 57.2 Å². The van der Waals surface area contributed by atoms with Gasteiger partial charge in [-0.25, -0.2) is 13.5 Å². The van der Waals surface area contributed by atoms with E-state index in [0.29, 0.717) is 12.8 Å². The normalized spacial score (nSPS) is 39.8. The van der Waals surface area contributed by atoms with E-state index in [1.54, 1.807) is 12.1 Å². The van der Waals surface area contributed by atoms with Crippen molar-refractivity contribution in [1.82, 2.24) is 9.78 Å². The van der Waals surface area contributed by atoms with E-state index in [9.17, 15) is 23.8 Å². The van der Waals surface area contributed by atoms with Crippen molar-refractivity contribution in [3.63, 3.8) is 0 Å². The Morgan fingerprint density at radius 2 is 1.97 bits per heavy atom. The van der Waals surface area contributed by atoms with Crippen LogP contribution in [-0.2, 0) is 11.2 Å². The number of hydrogen-bond acceptors (Lipinski definition) is 4. The van der Waals surface area contributed by atoms with E-state index in [1.807, 2.05) is 17.8 Å². The summed E-state index contributed by atoms with van der Waals surface area (Å²) in [5, 5.41) is 27.5. The van der Waals surface area contributed by atoms with Gasteiger partial charge in [0.1, 0.15) is 11.4 Å². The maximum atomic E-state index is 13.4. The van der Waals surface area contributed by atoms with Crippen LogP contribution in [0.3, 0.4) is 0 Å². The zero-order valence-electron chi connectivity index (χ0n) is 20.2. The van der Waals surface area contributed by atoms with Gasteiger partial charge in [0, 0.05) is 5.41 Å². The van der Waals surface area contributed by atoms with E-state index in [-0.39, 0.29) is 35.4 Å². The largest absolute Gasteiger partial charge is 0.393 e. The van der Waals surface area contributed by atoms with E-state index in [4.69, 9.17) is 0 Å². The summed E-state index contributed by atoms with van der Waals surface area (Å²) in [6, 6.07) is 6.30. The smallest absolute Gasteiger partial charge is 0.195 e. The molecule has 4 aliphatic rings. The maximum absolute atomic E-state index is 13.4. The Kier molecular flexibility index (Phi) is 4.98. The molecule has 7 heteroatoms. The highest BCUT2D eigenvalue weighted by atomic mass is 19.1. The number of aliphatic hydroxyl groups is 2. The van der Waals surface area contributed by atoms with Crippen LogP contribution in [-0.4, -0.2) is 44.2 Å². The molecule has 6 rings (SSSR count). The lowest BCUT2D eigenvalue weighted by Crippen LogP contribution is -2.62. The van der Waals surface area contributed by atoms with E-state index in [2.05, 4.69) is 18.1 Å². The second kappa shape index (κ2) is 7.56. The van der Waals surface area contributed by atoms with E-state index >= 15 is 0 Å². The third-order valence-corrected chi connectivity index (χ3v) is 10.2. The van der Waals surface area contributed by atoms with Crippen molar-refractivity contribution in [2.24, 2.45) is 28.6 Å². The minimum absolute atomic E-state index is 0.00859. The number of aromatic nitrogens is 2. The van der Waals surface area contributed by atoms with Gasteiger partial charge in [0.05, 0.1) is 23.7 Å². The molecule has 0 aliphatic heterocycles. The molecule has 0 amide bonds. The Labute approximate surface area is 203 Å². The van der Waals surface area contributed by atoms with Crippen LogP contribution in [0.4, 0.5) is 8.78 Å².